The summed E-state index contributed by atoms with van der Waals surface area (Å²) in [6, 6.07) is 5.60. The molecule has 6 heteroatoms. The van der Waals surface area contributed by atoms with Gasteiger partial charge in [0.15, 0.2) is 5.96 Å². The first-order chi connectivity index (χ1) is 10.5. The highest BCUT2D eigenvalue weighted by Gasteiger charge is 2.14. The van der Waals surface area contributed by atoms with Crippen molar-refractivity contribution in [3.8, 4) is 11.5 Å². The fourth-order valence-electron chi connectivity index (χ4n) is 1.97. The summed E-state index contributed by atoms with van der Waals surface area (Å²) in [5.41, 5.74) is 0.658. The van der Waals surface area contributed by atoms with E-state index in [1.807, 2.05) is 20.8 Å². The normalized spacial score (nSPS) is 13.0. The zero-order valence-electron chi connectivity index (χ0n) is 14.0. The van der Waals surface area contributed by atoms with Crippen LogP contribution in [0.2, 0.25) is 0 Å². The van der Waals surface area contributed by atoms with Crippen LogP contribution in [0.1, 0.15) is 32.4 Å². The van der Waals surface area contributed by atoms with E-state index < -0.39 is 6.10 Å². The Balaban J connectivity index is 2.88. The molecule has 0 amide bonds. The van der Waals surface area contributed by atoms with Gasteiger partial charge in [0, 0.05) is 18.2 Å². The predicted octanol–water partition coefficient (Wildman–Crippen LogP) is 1.70. The maximum Gasteiger partial charge on any atom is 0.191 e. The van der Waals surface area contributed by atoms with Gasteiger partial charge in [-0.05, 0) is 39.0 Å². The predicted molar refractivity (Wildman–Crippen MR) is 88.8 cm³/mol. The summed E-state index contributed by atoms with van der Waals surface area (Å²) < 4.78 is 10.5. The number of ether oxygens (including phenoxy) is 2. The van der Waals surface area contributed by atoms with Gasteiger partial charge in [0.05, 0.1) is 20.8 Å². The molecule has 1 aromatic carbocycles. The number of aliphatic hydroxyl groups is 1. The number of benzene rings is 1. The summed E-state index contributed by atoms with van der Waals surface area (Å²) >= 11 is 0. The molecule has 0 saturated carbocycles. The van der Waals surface area contributed by atoms with E-state index in [4.69, 9.17) is 9.47 Å². The number of methoxy groups -OCH3 is 2. The van der Waals surface area contributed by atoms with Gasteiger partial charge in [-0.3, -0.25) is 4.99 Å². The minimum absolute atomic E-state index is 0.228. The lowest BCUT2D eigenvalue weighted by Gasteiger charge is -2.17. The van der Waals surface area contributed by atoms with Gasteiger partial charge >= 0.3 is 0 Å². The van der Waals surface area contributed by atoms with E-state index in [2.05, 4.69) is 15.6 Å². The first kappa shape index (κ1) is 18.1. The molecular formula is C16H27N3O3. The van der Waals surface area contributed by atoms with Crippen LogP contribution in [0.5, 0.6) is 11.5 Å². The summed E-state index contributed by atoms with van der Waals surface area (Å²) in [7, 11) is 3.16. The number of guanidine groups is 1. The number of hydrogen-bond donors (Lipinski definition) is 3. The first-order valence-electron chi connectivity index (χ1n) is 7.46. The van der Waals surface area contributed by atoms with E-state index in [-0.39, 0.29) is 12.6 Å². The van der Waals surface area contributed by atoms with Gasteiger partial charge in [-0.2, -0.15) is 0 Å². The molecular weight excluding hydrogens is 282 g/mol. The lowest BCUT2D eigenvalue weighted by Crippen LogP contribution is -2.41. The number of rotatable bonds is 7. The lowest BCUT2D eigenvalue weighted by atomic mass is 10.1. The minimum atomic E-state index is -0.771. The van der Waals surface area contributed by atoms with E-state index in [0.29, 0.717) is 23.0 Å². The first-order valence-corrected chi connectivity index (χ1v) is 7.46. The topological polar surface area (TPSA) is 75.1 Å². The molecule has 0 aliphatic carbocycles. The van der Waals surface area contributed by atoms with Crippen LogP contribution in [-0.2, 0) is 0 Å². The Hall–Kier alpha value is -1.95. The number of nitrogens with zero attached hydrogens (tertiary/aromatic N) is 1. The van der Waals surface area contributed by atoms with Crippen LogP contribution < -0.4 is 20.1 Å². The summed E-state index contributed by atoms with van der Waals surface area (Å²) in [6.07, 6.45) is -0.771. The summed E-state index contributed by atoms with van der Waals surface area (Å²) in [5.74, 6) is 1.97. The second kappa shape index (κ2) is 9.15. The van der Waals surface area contributed by atoms with Crippen molar-refractivity contribution in [2.24, 2.45) is 4.99 Å². The second-order valence-corrected chi connectivity index (χ2v) is 5.14. The van der Waals surface area contributed by atoms with Crippen molar-refractivity contribution in [1.29, 1.82) is 0 Å². The molecule has 0 saturated heterocycles. The van der Waals surface area contributed by atoms with E-state index in [9.17, 15) is 5.11 Å². The highest BCUT2D eigenvalue weighted by Crippen LogP contribution is 2.29. The van der Waals surface area contributed by atoms with Crippen molar-refractivity contribution in [3.63, 3.8) is 0 Å². The van der Waals surface area contributed by atoms with E-state index in [1.54, 1.807) is 32.4 Å². The van der Waals surface area contributed by atoms with Crippen LogP contribution in [0.4, 0.5) is 0 Å². The molecule has 1 unspecified atom stereocenters. The van der Waals surface area contributed by atoms with Crippen LogP contribution >= 0.6 is 0 Å². The summed E-state index contributed by atoms with van der Waals surface area (Å²) in [6.45, 7) is 7.06. The quantitative estimate of drug-likeness (QED) is 0.528. The summed E-state index contributed by atoms with van der Waals surface area (Å²) in [4.78, 5) is 4.41. The maximum absolute atomic E-state index is 10.4. The molecule has 1 rings (SSSR count). The van der Waals surface area contributed by atoms with Crippen molar-refractivity contribution in [2.75, 3.05) is 27.3 Å². The number of nitrogens with one attached hydrogen (secondary N) is 2. The lowest BCUT2D eigenvalue weighted by molar-refractivity contribution is 0.182. The molecule has 0 spiro atoms. The number of hydrogen-bond acceptors (Lipinski definition) is 4. The zero-order chi connectivity index (χ0) is 16.5. The molecule has 0 fully saturated rings. The van der Waals surface area contributed by atoms with Gasteiger partial charge in [-0.1, -0.05) is 0 Å². The number of aliphatic imine (C=N–C) groups is 1. The smallest absolute Gasteiger partial charge is 0.191 e. The maximum atomic E-state index is 10.4. The molecule has 0 aliphatic rings. The zero-order valence-corrected chi connectivity index (χ0v) is 14.0. The molecule has 3 N–H and O–H groups in total. The number of aliphatic hydroxyl groups excluding tert-OH is 1. The highest BCUT2D eigenvalue weighted by molar-refractivity contribution is 5.80. The average molecular weight is 309 g/mol. The van der Waals surface area contributed by atoms with Gasteiger partial charge in [0.1, 0.15) is 17.6 Å². The molecule has 0 aromatic heterocycles. The van der Waals surface area contributed by atoms with E-state index in [1.165, 1.54) is 0 Å². The van der Waals surface area contributed by atoms with E-state index in [0.717, 1.165) is 6.54 Å². The third kappa shape index (κ3) is 5.44. The largest absolute Gasteiger partial charge is 0.497 e. The Morgan fingerprint density at radius 1 is 1.27 bits per heavy atom. The molecule has 0 bridgehead atoms. The molecule has 1 aromatic rings. The van der Waals surface area contributed by atoms with Gasteiger partial charge in [-0.25, -0.2) is 0 Å². The van der Waals surface area contributed by atoms with Crippen LogP contribution in [-0.4, -0.2) is 44.4 Å². The Bertz CT molecular complexity index is 490. The molecule has 22 heavy (non-hydrogen) atoms. The molecule has 0 aliphatic heterocycles. The van der Waals surface area contributed by atoms with Crippen molar-refractivity contribution < 1.29 is 14.6 Å². The van der Waals surface area contributed by atoms with Crippen molar-refractivity contribution >= 4 is 5.96 Å². The second-order valence-electron chi connectivity index (χ2n) is 5.14. The van der Waals surface area contributed by atoms with Gasteiger partial charge in [-0.15, -0.1) is 0 Å². The van der Waals surface area contributed by atoms with Crippen LogP contribution in [0, 0.1) is 0 Å². The Kier molecular flexibility index (Phi) is 7.52. The Morgan fingerprint density at radius 3 is 2.55 bits per heavy atom. The van der Waals surface area contributed by atoms with Crippen LogP contribution in [0.25, 0.3) is 0 Å². The highest BCUT2D eigenvalue weighted by atomic mass is 16.5. The van der Waals surface area contributed by atoms with Gasteiger partial charge in [0.25, 0.3) is 0 Å². The minimum Gasteiger partial charge on any atom is -0.497 e. The molecule has 0 radical (unpaired) electrons. The van der Waals surface area contributed by atoms with Gasteiger partial charge < -0.3 is 25.2 Å². The van der Waals surface area contributed by atoms with Crippen LogP contribution in [0.3, 0.4) is 0 Å². The molecule has 6 nitrogen and oxygen atoms in total. The molecule has 0 heterocycles. The van der Waals surface area contributed by atoms with E-state index >= 15 is 0 Å². The van der Waals surface area contributed by atoms with Crippen molar-refractivity contribution in [3.05, 3.63) is 23.8 Å². The Morgan fingerprint density at radius 2 is 2.00 bits per heavy atom. The average Bonchev–Trinajstić information content (AvgIpc) is 2.51. The fourth-order valence-corrected chi connectivity index (χ4v) is 1.97. The monoisotopic (exact) mass is 309 g/mol. The molecule has 124 valence electrons. The van der Waals surface area contributed by atoms with Crippen LogP contribution in [0.15, 0.2) is 23.2 Å². The SMILES string of the molecule is CCNC(=NCC(O)c1cc(OC)ccc1OC)NC(C)C. The summed E-state index contributed by atoms with van der Waals surface area (Å²) in [5, 5.41) is 16.8. The van der Waals surface area contributed by atoms with Crippen molar-refractivity contribution in [2.45, 2.75) is 32.9 Å². The fraction of sp³-hybridized carbons (Fsp3) is 0.562. The Labute approximate surface area is 132 Å². The van der Waals surface area contributed by atoms with Gasteiger partial charge in [0.2, 0.25) is 0 Å². The standard InChI is InChI=1S/C16H27N3O3/c1-6-17-16(19-11(2)3)18-10-14(20)13-9-12(21-4)7-8-15(13)22-5/h7-9,11,14,20H,6,10H2,1-5H3,(H2,17,18,19). The van der Waals surface area contributed by atoms with Crippen molar-refractivity contribution in [1.82, 2.24) is 10.6 Å². The molecule has 1 atom stereocenters. The third-order valence-electron chi connectivity index (χ3n) is 2.99. The third-order valence-corrected chi connectivity index (χ3v) is 2.99.